The number of nitrogens with zero attached hydrogens (tertiary/aromatic N) is 1. The molecule has 0 spiro atoms. The normalized spacial score (nSPS) is 16.9. The topological polar surface area (TPSA) is 104 Å². The van der Waals surface area contributed by atoms with Gasteiger partial charge in [-0.05, 0) is 31.2 Å². The minimum absolute atomic E-state index is 0.00186. The molecule has 1 heterocycles. The van der Waals surface area contributed by atoms with Crippen LogP contribution in [0.2, 0.25) is 0 Å². The highest BCUT2D eigenvalue weighted by atomic mass is 32.2. The van der Waals surface area contributed by atoms with Gasteiger partial charge in [0.2, 0.25) is 5.91 Å². The van der Waals surface area contributed by atoms with E-state index in [1.165, 1.54) is 18.2 Å². The number of para-hydroxylation sites is 2. The number of carboxylic acid groups (broad SMARTS) is 1. The molecule has 0 radical (unpaired) electrons. The number of sulfonamides is 1. The van der Waals surface area contributed by atoms with Crippen LogP contribution in [0.1, 0.15) is 12.0 Å². The number of nitrogens with one attached hydrogen (secondary N) is 1. The molecule has 0 bridgehead atoms. The number of benzene rings is 2. The predicted molar refractivity (Wildman–Crippen MR) is 92.0 cm³/mol. The van der Waals surface area contributed by atoms with E-state index in [1.54, 1.807) is 30.3 Å². The quantitative estimate of drug-likeness (QED) is 0.868. The molecule has 1 aliphatic rings. The van der Waals surface area contributed by atoms with Gasteiger partial charge in [-0.15, -0.1) is 0 Å². The summed E-state index contributed by atoms with van der Waals surface area (Å²) in [4.78, 5) is 23.5. The van der Waals surface area contributed by atoms with Gasteiger partial charge in [0.1, 0.15) is 6.04 Å². The first kappa shape index (κ1) is 17.0. The van der Waals surface area contributed by atoms with Gasteiger partial charge in [0.05, 0.1) is 22.7 Å². The number of carboxylic acids is 1. The average molecular weight is 360 g/mol. The third-order valence-electron chi connectivity index (χ3n) is 3.93. The van der Waals surface area contributed by atoms with Crippen molar-refractivity contribution in [1.82, 2.24) is 0 Å². The van der Waals surface area contributed by atoms with Crippen LogP contribution in [0.25, 0.3) is 0 Å². The number of fused-ring (bicyclic) bond motifs is 1. The number of aryl methyl sites for hydroxylation is 1. The largest absolute Gasteiger partial charge is 0.481 e. The minimum atomic E-state index is -4.11. The highest BCUT2D eigenvalue weighted by Crippen LogP contribution is 2.37. The van der Waals surface area contributed by atoms with Gasteiger partial charge in [0, 0.05) is 0 Å². The third-order valence-corrected chi connectivity index (χ3v) is 5.77. The average Bonchev–Trinajstić information content (AvgIpc) is 2.55. The van der Waals surface area contributed by atoms with E-state index >= 15 is 0 Å². The molecule has 0 unspecified atom stereocenters. The summed E-state index contributed by atoms with van der Waals surface area (Å²) < 4.78 is 27.2. The van der Waals surface area contributed by atoms with Crippen LogP contribution in [-0.4, -0.2) is 31.4 Å². The van der Waals surface area contributed by atoms with Gasteiger partial charge >= 0.3 is 5.97 Å². The number of carbonyl (C=O) groups is 2. The van der Waals surface area contributed by atoms with Crippen LogP contribution >= 0.6 is 0 Å². The molecular formula is C17H16N2O5S. The maximum Gasteiger partial charge on any atom is 0.306 e. The van der Waals surface area contributed by atoms with Crippen molar-refractivity contribution in [2.24, 2.45) is 0 Å². The van der Waals surface area contributed by atoms with Crippen LogP contribution in [0.3, 0.4) is 0 Å². The van der Waals surface area contributed by atoms with Crippen LogP contribution in [0.5, 0.6) is 0 Å². The van der Waals surface area contributed by atoms with Crippen LogP contribution in [0.15, 0.2) is 53.4 Å². The zero-order chi connectivity index (χ0) is 18.2. The van der Waals surface area contributed by atoms with Crippen molar-refractivity contribution in [1.29, 1.82) is 0 Å². The minimum Gasteiger partial charge on any atom is -0.481 e. The van der Waals surface area contributed by atoms with Crippen molar-refractivity contribution in [3.8, 4) is 0 Å². The molecule has 1 amide bonds. The zero-order valence-corrected chi connectivity index (χ0v) is 14.2. The molecule has 3 rings (SSSR count). The molecule has 8 heteroatoms. The molecule has 25 heavy (non-hydrogen) atoms. The Morgan fingerprint density at radius 1 is 1.16 bits per heavy atom. The van der Waals surface area contributed by atoms with Crippen LogP contribution < -0.4 is 9.62 Å². The fraction of sp³-hybridized carbons (Fsp3) is 0.176. The maximum absolute atomic E-state index is 13.2. The van der Waals surface area contributed by atoms with E-state index in [-0.39, 0.29) is 10.6 Å². The van der Waals surface area contributed by atoms with E-state index in [4.69, 9.17) is 5.11 Å². The van der Waals surface area contributed by atoms with E-state index in [0.29, 0.717) is 5.69 Å². The maximum atomic E-state index is 13.2. The Balaban J connectivity index is 2.18. The molecule has 7 nitrogen and oxygen atoms in total. The molecule has 0 saturated heterocycles. The van der Waals surface area contributed by atoms with Gasteiger partial charge in [-0.3, -0.25) is 13.9 Å². The summed E-state index contributed by atoms with van der Waals surface area (Å²) in [5.74, 6) is -1.93. The zero-order valence-electron chi connectivity index (χ0n) is 13.3. The third kappa shape index (κ3) is 3.08. The number of hydrogen-bond acceptors (Lipinski definition) is 4. The first-order valence-electron chi connectivity index (χ1n) is 7.53. The Labute approximate surface area is 144 Å². The lowest BCUT2D eigenvalue weighted by Crippen LogP contribution is -2.51. The number of aliphatic carboxylic acids is 1. The van der Waals surface area contributed by atoms with Gasteiger partial charge in [0.15, 0.2) is 0 Å². The molecule has 2 N–H and O–H groups in total. The Hall–Kier alpha value is -2.87. The Kier molecular flexibility index (Phi) is 4.22. The molecule has 2 aromatic carbocycles. The van der Waals surface area contributed by atoms with Gasteiger partial charge in [0.25, 0.3) is 10.0 Å². The Bertz CT molecular complexity index is 938. The van der Waals surface area contributed by atoms with Crippen molar-refractivity contribution in [3.05, 3.63) is 54.1 Å². The number of amides is 1. The summed E-state index contributed by atoms with van der Waals surface area (Å²) in [6.45, 7) is 1.83. The summed E-state index contributed by atoms with van der Waals surface area (Å²) in [6.07, 6.45) is -0.634. The lowest BCUT2D eigenvalue weighted by atomic mass is 10.1. The van der Waals surface area contributed by atoms with E-state index in [0.717, 1.165) is 9.87 Å². The standard InChI is InChI=1S/C17H16N2O5S/c1-11-6-8-12(9-7-11)25(23,24)19-14-5-3-2-4-13(14)18-17(22)15(19)10-16(20)21/h2-9,15H,10H2,1H3,(H,18,22)(H,20,21)/t15-/m1/s1. The van der Waals surface area contributed by atoms with Crippen molar-refractivity contribution < 1.29 is 23.1 Å². The molecule has 2 aromatic rings. The second-order valence-electron chi connectivity index (χ2n) is 5.73. The van der Waals surface area contributed by atoms with Crippen molar-refractivity contribution in [3.63, 3.8) is 0 Å². The van der Waals surface area contributed by atoms with Gasteiger partial charge < -0.3 is 10.4 Å². The van der Waals surface area contributed by atoms with Crippen molar-refractivity contribution in [2.75, 3.05) is 9.62 Å². The van der Waals surface area contributed by atoms with Crippen molar-refractivity contribution >= 4 is 33.3 Å². The summed E-state index contributed by atoms with van der Waals surface area (Å²) >= 11 is 0. The predicted octanol–water partition coefficient (Wildman–Crippen LogP) is 1.99. The fourth-order valence-corrected chi connectivity index (χ4v) is 4.35. The first-order valence-corrected chi connectivity index (χ1v) is 8.97. The summed E-state index contributed by atoms with van der Waals surface area (Å²) in [5.41, 5.74) is 1.46. The SMILES string of the molecule is Cc1ccc(S(=O)(=O)N2c3ccccc3NC(=O)[C@H]2CC(=O)O)cc1. The van der Waals surface area contributed by atoms with Gasteiger partial charge in [-0.1, -0.05) is 29.8 Å². The number of rotatable bonds is 4. The summed E-state index contributed by atoms with van der Waals surface area (Å²) in [5, 5.41) is 11.7. The van der Waals surface area contributed by atoms with Gasteiger partial charge in [-0.2, -0.15) is 0 Å². The highest BCUT2D eigenvalue weighted by molar-refractivity contribution is 7.93. The number of anilines is 2. The van der Waals surface area contributed by atoms with Gasteiger partial charge in [-0.25, -0.2) is 8.42 Å². The fourth-order valence-electron chi connectivity index (χ4n) is 2.72. The van der Waals surface area contributed by atoms with Crippen LogP contribution in [-0.2, 0) is 19.6 Å². The highest BCUT2D eigenvalue weighted by Gasteiger charge is 2.41. The molecular weight excluding hydrogens is 344 g/mol. The number of hydrogen-bond donors (Lipinski definition) is 2. The van der Waals surface area contributed by atoms with Crippen molar-refractivity contribution in [2.45, 2.75) is 24.3 Å². The number of carbonyl (C=O) groups excluding carboxylic acids is 1. The van der Waals surface area contributed by atoms with E-state index < -0.39 is 34.4 Å². The Morgan fingerprint density at radius 3 is 2.44 bits per heavy atom. The smallest absolute Gasteiger partial charge is 0.306 e. The lowest BCUT2D eigenvalue weighted by Gasteiger charge is -2.36. The lowest BCUT2D eigenvalue weighted by molar-refractivity contribution is -0.138. The second-order valence-corrected chi connectivity index (χ2v) is 7.55. The molecule has 0 fully saturated rings. The molecule has 0 aliphatic carbocycles. The van der Waals surface area contributed by atoms with Crippen LogP contribution in [0.4, 0.5) is 11.4 Å². The first-order chi connectivity index (χ1) is 11.8. The molecule has 130 valence electrons. The summed E-state index contributed by atoms with van der Waals surface area (Å²) in [7, 11) is -4.11. The molecule has 1 aliphatic heterocycles. The van der Waals surface area contributed by atoms with Crippen LogP contribution in [0, 0.1) is 6.92 Å². The molecule has 0 saturated carbocycles. The summed E-state index contributed by atoms with van der Waals surface area (Å²) in [6, 6.07) is 11.2. The van der Waals surface area contributed by atoms with E-state index in [1.807, 2.05) is 6.92 Å². The van der Waals surface area contributed by atoms with E-state index in [2.05, 4.69) is 5.32 Å². The van der Waals surface area contributed by atoms with E-state index in [9.17, 15) is 18.0 Å². The second kappa shape index (κ2) is 6.21. The Morgan fingerprint density at radius 2 is 1.80 bits per heavy atom. The monoisotopic (exact) mass is 360 g/mol. The molecule has 1 atom stereocenters. The molecule has 0 aromatic heterocycles.